The van der Waals surface area contributed by atoms with Crippen LogP contribution < -0.4 is 4.74 Å². The minimum atomic E-state index is -0.292. The molecule has 0 saturated heterocycles. The van der Waals surface area contributed by atoms with Gasteiger partial charge in [-0.3, -0.25) is 0 Å². The van der Waals surface area contributed by atoms with E-state index in [9.17, 15) is 4.79 Å². The summed E-state index contributed by atoms with van der Waals surface area (Å²) in [6, 6.07) is 17.2. The summed E-state index contributed by atoms with van der Waals surface area (Å²) in [5.74, 6) is 1.86. The minimum absolute atomic E-state index is 0.292. The molecule has 0 amide bonds. The summed E-state index contributed by atoms with van der Waals surface area (Å²) in [7, 11) is 0. The first kappa shape index (κ1) is 16.8. The summed E-state index contributed by atoms with van der Waals surface area (Å²) in [5.41, 5.74) is 1.98. The molecule has 1 aliphatic carbocycles. The highest BCUT2D eigenvalue weighted by Crippen LogP contribution is 2.37. The number of rotatable bonds is 5. The molecule has 1 fully saturated rings. The van der Waals surface area contributed by atoms with Gasteiger partial charge in [0, 0.05) is 0 Å². The summed E-state index contributed by atoms with van der Waals surface area (Å²) < 4.78 is 5.39. The Labute approximate surface area is 144 Å². The fourth-order valence-corrected chi connectivity index (χ4v) is 3.74. The lowest BCUT2D eigenvalue weighted by molar-refractivity contribution is 0.0734. The average Bonchev–Trinajstić information content (AvgIpc) is 2.64. The molecule has 0 aliphatic heterocycles. The van der Waals surface area contributed by atoms with E-state index in [0.29, 0.717) is 17.2 Å². The summed E-state index contributed by atoms with van der Waals surface area (Å²) in [6.07, 6.45) is 7.91. The van der Waals surface area contributed by atoms with Gasteiger partial charge in [0.2, 0.25) is 0 Å². The van der Waals surface area contributed by atoms with Gasteiger partial charge in [-0.2, -0.15) is 0 Å². The highest BCUT2D eigenvalue weighted by molar-refractivity contribution is 5.91. The SMILES string of the molecule is CCC[C@H]1CC[C@H](c2ccc(C(=O)Oc3ccccc3)cc2)CC1. The number of benzene rings is 2. The summed E-state index contributed by atoms with van der Waals surface area (Å²) in [5, 5.41) is 0. The highest BCUT2D eigenvalue weighted by Gasteiger charge is 2.22. The number of hydrogen-bond acceptors (Lipinski definition) is 2. The number of ether oxygens (including phenoxy) is 1. The van der Waals surface area contributed by atoms with Crippen molar-refractivity contribution < 1.29 is 9.53 Å². The van der Waals surface area contributed by atoms with Crippen LogP contribution in [0.2, 0.25) is 0 Å². The highest BCUT2D eigenvalue weighted by atomic mass is 16.5. The van der Waals surface area contributed by atoms with Crippen molar-refractivity contribution in [1.29, 1.82) is 0 Å². The molecule has 1 saturated carbocycles. The van der Waals surface area contributed by atoms with Crippen LogP contribution in [-0.4, -0.2) is 5.97 Å². The molecule has 0 radical (unpaired) electrons. The van der Waals surface area contributed by atoms with Crippen molar-refractivity contribution in [1.82, 2.24) is 0 Å². The lowest BCUT2D eigenvalue weighted by atomic mass is 9.77. The van der Waals surface area contributed by atoms with Crippen LogP contribution in [-0.2, 0) is 0 Å². The van der Waals surface area contributed by atoms with E-state index in [-0.39, 0.29) is 5.97 Å². The van der Waals surface area contributed by atoms with Crippen LogP contribution in [0.4, 0.5) is 0 Å². The predicted molar refractivity (Wildman–Crippen MR) is 97.4 cm³/mol. The lowest BCUT2D eigenvalue weighted by Gasteiger charge is -2.28. The second kappa shape index (κ2) is 8.14. The Balaban J connectivity index is 1.58. The third kappa shape index (κ3) is 4.25. The predicted octanol–water partition coefficient (Wildman–Crippen LogP) is 5.98. The zero-order chi connectivity index (χ0) is 16.8. The molecule has 126 valence electrons. The van der Waals surface area contributed by atoms with Crippen LogP contribution in [0.5, 0.6) is 5.75 Å². The van der Waals surface area contributed by atoms with Crippen molar-refractivity contribution in [2.75, 3.05) is 0 Å². The number of carbonyl (C=O) groups is 1. The second-order valence-electron chi connectivity index (χ2n) is 6.83. The Morgan fingerprint density at radius 2 is 1.62 bits per heavy atom. The smallest absolute Gasteiger partial charge is 0.343 e. The van der Waals surface area contributed by atoms with Gasteiger partial charge in [-0.25, -0.2) is 4.79 Å². The van der Waals surface area contributed by atoms with Crippen molar-refractivity contribution in [3.05, 3.63) is 65.7 Å². The zero-order valence-corrected chi connectivity index (χ0v) is 14.4. The van der Waals surface area contributed by atoms with Gasteiger partial charge in [0.1, 0.15) is 5.75 Å². The van der Waals surface area contributed by atoms with Crippen molar-refractivity contribution in [3.63, 3.8) is 0 Å². The Hall–Kier alpha value is -2.09. The Bertz CT molecular complexity index is 637. The van der Waals surface area contributed by atoms with E-state index < -0.39 is 0 Å². The van der Waals surface area contributed by atoms with Gasteiger partial charge in [-0.1, -0.05) is 50.1 Å². The molecule has 3 rings (SSSR count). The molecule has 0 spiro atoms. The molecule has 0 aromatic heterocycles. The first-order valence-corrected chi connectivity index (χ1v) is 9.13. The fourth-order valence-electron chi connectivity index (χ4n) is 3.74. The largest absolute Gasteiger partial charge is 0.423 e. The van der Waals surface area contributed by atoms with Crippen molar-refractivity contribution in [2.24, 2.45) is 5.92 Å². The zero-order valence-electron chi connectivity index (χ0n) is 14.4. The minimum Gasteiger partial charge on any atom is -0.423 e. The van der Waals surface area contributed by atoms with Crippen LogP contribution in [0.15, 0.2) is 54.6 Å². The molecule has 0 atom stereocenters. The molecule has 2 aromatic carbocycles. The monoisotopic (exact) mass is 322 g/mol. The van der Waals surface area contributed by atoms with E-state index in [2.05, 4.69) is 19.1 Å². The van der Waals surface area contributed by atoms with Crippen molar-refractivity contribution in [2.45, 2.75) is 51.4 Å². The maximum absolute atomic E-state index is 12.2. The van der Waals surface area contributed by atoms with Crippen LogP contribution in [0, 0.1) is 5.92 Å². The molecule has 0 unspecified atom stereocenters. The molecule has 0 bridgehead atoms. The van der Waals surface area contributed by atoms with E-state index in [0.717, 1.165) is 5.92 Å². The standard InChI is InChI=1S/C22H26O2/c1-2-6-17-9-11-18(12-10-17)19-13-15-20(16-14-19)22(23)24-21-7-4-3-5-8-21/h3-5,7-8,13-18H,2,6,9-12H2,1H3/t17-,18-. The third-order valence-electron chi connectivity index (χ3n) is 5.12. The first-order chi connectivity index (χ1) is 11.8. The molecule has 0 heterocycles. The number of para-hydroxylation sites is 1. The lowest BCUT2D eigenvalue weighted by Crippen LogP contribution is -2.13. The van der Waals surface area contributed by atoms with Crippen molar-refractivity contribution in [3.8, 4) is 5.75 Å². The molecule has 1 aliphatic rings. The van der Waals surface area contributed by atoms with Crippen LogP contribution in [0.3, 0.4) is 0 Å². The summed E-state index contributed by atoms with van der Waals surface area (Å²) in [4.78, 5) is 12.2. The number of hydrogen-bond donors (Lipinski definition) is 0. The average molecular weight is 322 g/mol. The van der Waals surface area contributed by atoms with Crippen LogP contribution in [0.25, 0.3) is 0 Å². The molecule has 2 aromatic rings. The topological polar surface area (TPSA) is 26.3 Å². The summed E-state index contributed by atoms with van der Waals surface area (Å²) in [6.45, 7) is 2.28. The molecule has 0 N–H and O–H groups in total. The molecular formula is C22H26O2. The normalized spacial score (nSPS) is 20.5. The van der Waals surface area contributed by atoms with E-state index >= 15 is 0 Å². The maximum atomic E-state index is 12.2. The quantitative estimate of drug-likeness (QED) is 0.500. The Morgan fingerprint density at radius 3 is 2.25 bits per heavy atom. The van der Waals surface area contributed by atoms with E-state index in [1.54, 1.807) is 12.1 Å². The Morgan fingerprint density at radius 1 is 0.958 bits per heavy atom. The van der Waals surface area contributed by atoms with E-state index in [1.165, 1.54) is 44.1 Å². The third-order valence-corrected chi connectivity index (χ3v) is 5.12. The van der Waals surface area contributed by atoms with Gasteiger partial charge in [-0.15, -0.1) is 0 Å². The van der Waals surface area contributed by atoms with E-state index in [4.69, 9.17) is 4.74 Å². The molecule has 2 heteroatoms. The molecular weight excluding hydrogens is 296 g/mol. The van der Waals surface area contributed by atoms with Gasteiger partial charge in [0.05, 0.1) is 5.56 Å². The fraction of sp³-hybridized carbons (Fsp3) is 0.409. The van der Waals surface area contributed by atoms with Gasteiger partial charge < -0.3 is 4.74 Å². The Kier molecular flexibility index (Phi) is 5.68. The number of esters is 1. The maximum Gasteiger partial charge on any atom is 0.343 e. The van der Waals surface area contributed by atoms with Crippen molar-refractivity contribution >= 4 is 5.97 Å². The second-order valence-corrected chi connectivity index (χ2v) is 6.83. The molecule has 24 heavy (non-hydrogen) atoms. The first-order valence-electron chi connectivity index (χ1n) is 9.13. The van der Waals surface area contributed by atoms with Gasteiger partial charge in [-0.05, 0) is 67.3 Å². The number of carbonyl (C=O) groups excluding carboxylic acids is 1. The summed E-state index contributed by atoms with van der Waals surface area (Å²) >= 11 is 0. The molecule has 2 nitrogen and oxygen atoms in total. The van der Waals surface area contributed by atoms with Gasteiger partial charge >= 0.3 is 5.97 Å². The van der Waals surface area contributed by atoms with E-state index in [1.807, 2.05) is 30.3 Å². The van der Waals surface area contributed by atoms with Gasteiger partial charge in [0.25, 0.3) is 0 Å². The van der Waals surface area contributed by atoms with Gasteiger partial charge in [0.15, 0.2) is 0 Å². The van der Waals surface area contributed by atoms with Crippen LogP contribution >= 0.6 is 0 Å². The van der Waals surface area contributed by atoms with Crippen LogP contribution in [0.1, 0.15) is 67.3 Å².